The van der Waals surface area contributed by atoms with E-state index in [1.807, 2.05) is 0 Å². The standard InChI is InChI=1S/C75H133N25O24/c1-38(2)36-52(73(122)100-35-15-21-53(100)71(120)94-48(24-28-56(83)104)67(116)91-45(20-14-34-86-75(84)85)66(115)92-47(23-27-55(82)103)68(117)96-50(74(123)124)19-9-13-33-79)98-61(110)40(4)88-64(113)46(22-26-54(81)102)95-72(121)59(41(5)101)99-69(118)49(25-29-57(105)106)93-70(119)51(37-58(107)108)97-60(109)39(3)87-63(112)43(17-7-11-31-77)90-65(114)44(18-8-12-32-78)89-62(111)42(80)16-6-10-30-76/h38-53,59,101H,6-37,76-80H2,1-5H3,(H2,81,102)(H2,82,103)(H2,83,104)(H,87,112)(H,88,113)(H,89,111)(H,90,114)(H,91,116)(H,92,115)(H,93,119)(H,94,120)(H,95,121)(H,96,117)(H,97,109)(H,98,110)(H,99,118)(H,105,106)(H,107,108)(H,123,124)(H4,84,85,86)/t39-,40-,41+,42-,43-,44-,45-,46-,47-,48-,49-,50-,51-,52-,53-,59-/m0/s1. The average molecular weight is 1770 g/mol. The van der Waals surface area contributed by atoms with Gasteiger partial charge >= 0.3 is 17.9 Å². The van der Waals surface area contributed by atoms with Gasteiger partial charge in [0, 0.05) is 38.8 Å². The molecule has 49 heteroatoms. The molecule has 37 N–H and O–H groups in total. The highest BCUT2D eigenvalue weighted by molar-refractivity contribution is 6.01. The number of nitrogens with zero attached hydrogens (tertiary/aromatic N) is 1. The summed E-state index contributed by atoms with van der Waals surface area (Å²) in [5.41, 5.74) is 50.3. The van der Waals surface area contributed by atoms with Crippen LogP contribution < -0.4 is 126 Å². The maximum atomic E-state index is 14.7. The molecule has 0 bridgehead atoms. The topological polar surface area (TPSA) is 852 Å². The molecule has 16 atom stereocenters. The van der Waals surface area contributed by atoms with Gasteiger partial charge in [0.1, 0.15) is 84.6 Å². The Bertz CT molecular complexity index is 3620. The van der Waals surface area contributed by atoms with Crippen molar-refractivity contribution < 1.29 is 116 Å². The molecule has 17 amide bonds. The number of carboxylic acids is 3. The Morgan fingerprint density at radius 3 is 1.10 bits per heavy atom. The minimum Gasteiger partial charge on any atom is -0.481 e. The predicted molar refractivity (Wildman–Crippen MR) is 443 cm³/mol. The first-order chi connectivity index (χ1) is 58.3. The van der Waals surface area contributed by atoms with E-state index in [2.05, 4.69) is 74.4 Å². The number of hydrogen-bond donors (Lipinski definition) is 28. The molecule has 124 heavy (non-hydrogen) atoms. The number of likely N-dealkylation sites (tertiary alicyclic amines) is 1. The zero-order valence-electron chi connectivity index (χ0n) is 71.0. The molecule has 1 fully saturated rings. The third-order valence-electron chi connectivity index (χ3n) is 19.6. The van der Waals surface area contributed by atoms with Crippen molar-refractivity contribution in [2.75, 3.05) is 39.3 Å². The largest absolute Gasteiger partial charge is 0.481 e. The summed E-state index contributed by atoms with van der Waals surface area (Å²) in [6, 6.07) is -24.0. The van der Waals surface area contributed by atoms with Crippen LogP contribution in [-0.2, 0) is 95.9 Å². The van der Waals surface area contributed by atoms with Gasteiger partial charge in [0.05, 0.1) is 18.6 Å². The number of primary amides is 3. The Balaban J connectivity index is 3.58. The molecule has 0 saturated carbocycles. The van der Waals surface area contributed by atoms with Crippen molar-refractivity contribution in [1.29, 1.82) is 5.41 Å². The number of rotatable bonds is 65. The first-order valence-electron chi connectivity index (χ1n) is 41.4. The second kappa shape index (κ2) is 59.3. The van der Waals surface area contributed by atoms with Crippen LogP contribution in [0.4, 0.5) is 0 Å². The van der Waals surface area contributed by atoms with Gasteiger partial charge in [-0.05, 0) is 181 Å². The molecule has 0 unspecified atom stereocenters. The van der Waals surface area contributed by atoms with Gasteiger partial charge < -0.3 is 151 Å². The molecule has 49 nitrogen and oxygen atoms in total. The van der Waals surface area contributed by atoms with Crippen molar-refractivity contribution in [2.45, 2.75) is 298 Å². The Kier molecular flexibility index (Phi) is 52.8. The number of nitrogens with two attached hydrogens (primary N) is 9. The van der Waals surface area contributed by atoms with E-state index in [9.17, 15) is 116 Å². The van der Waals surface area contributed by atoms with Crippen molar-refractivity contribution in [3.8, 4) is 0 Å². The van der Waals surface area contributed by atoms with Gasteiger partial charge in [0.25, 0.3) is 0 Å². The van der Waals surface area contributed by atoms with Crippen LogP contribution in [0.3, 0.4) is 0 Å². The van der Waals surface area contributed by atoms with Crippen LogP contribution in [0.15, 0.2) is 0 Å². The smallest absolute Gasteiger partial charge is 0.326 e. The first kappa shape index (κ1) is 110. The van der Waals surface area contributed by atoms with Gasteiger partial charge in [-0.25, -0.2) is 4.79 Å². The molecule has 1 saturated heterocycles. The van der Waals surface area contributed by atoms with Crippen LogP contribution in [0.2, 0.25) is 0 Å². The number of aliphatic hydroxyl groups is 1. The highest BCUT2D eigenvalue weighted by atomic mass is 16.4. The third-order valence-corrected chi connectivity index (χ3v) is 19.6. The number of carboxylic acid groups (broad SMARTS) is 3. The normalized spacial score (nSPS) is 16.0. The van der Waals surface area contributed by atoms with E-state index in [-0.39, 0.29) is 103 Å². The number of guanidine groups is 1. The lowest BCUT2D eigenvalue weighted by Crippen LogP contribution is -2.62. The summed E-state index contributed by atoms with van der Waals surface area (Å²) < 4.78 is 0. The molecule has 0 aromatic rings. The molecule has 0 aromatic carbocycles. The van der Waals surface area contributed by atoms with Crippen molar-refractivity contribution in [2.24, 2.45) is 57.5 Å². The number of aliphatic hydroxyl groups excluding tert-OH is 1. The van der Waals surface area contributed by atoms with Gasteiger partial charge in [0.15, 0.2) is 5.96 Å². The number of aliphatic carboxylic acids is 3. The minimum atomic E-state index is -2.12. The second-order valence-electron chi connectivity index (χ2n) is 30.7. The van der Waals surface area contributed by atoms with Crippen LogP contribution in [0, 0.1) is 11.3 Å². The lowest BCUT2D eigenvalue weighted by atomic mass is 10.0. The molecule has 702 valence electrons. The molecular formula is C75H133N25O24. The zero-order valence-corrected chi connectivity index (χ0v) is 71.0. The first-order valence-corrected chi connectivity index (χ1v) is 41.4. The monoisotopic (exact) mass is 1770 g/mol. The van der Waals surface area contributed by atoms with Crippen molar-refractivity contribution in [1.82, 2.24) is 79.3 Å². The molecular weight excluding hydrogens is 1630 g/mol. The summed E-state index contributed by atoms with van der Waals surface area (Å²) in [7, 11) is 0. The molecule has 1 aliphatic heterocycles. The number of nitrogens with one attached hydrogen (secondary N) is 15. The summed E-state index contributed by atoms with van der Waals surface area (Å²) in [5.74, 6) is -23.3. The fraction of sp³-hybridized carbons (Fsp3) is 0.720. The van der Waals surface area contributed by atoms with E-state index in [0.717, 1.165) is 25.7 Å². The van der Waals surface area contributed by atoms with Crippen molar-refractivity contribution in [3.63, 3.8) is 0 Å². The number of carbonyl (C=O) groups is 20. The van der Waals surface area contributed by atoms with Gasteiger partial charge in [-0.1, -0.05) is 20.3 Å². The summed E-state index contributed by atoms with van der Waals surface area (Å²) in [6.07, 6.45) is -4.57. The molecule has 0 radical (unpaired) electrons. The quantitative estimate of drug-likeness (QED) is 0.0153. The predicted octanol–water partition coefficient (Wildman–Crippen LogP) is -9.93. The van der Waals surface area contributed by atoms with Crippen LogP contribution in [0.5, 0.6) is 0 Å². The van der Waals surface area contributed by atoms with E-state index >= 15 is 0 Å². The van der Waals surface area contributed by atoms with Gasteiger partial charge in [-0.2, -0.15) is 0 Å². The van der Waals surface area contributed by atoms with E-state index in [1.165, 1.54) is 0 Å². The van der Waals surface area contributed by atoms with E-state index < -0.39 is 279 Å². The molecule has 0 aromatic heterocycles. The Morgan fingerprint density at radius 1 is 0.379 bits per heavy atom. The van der Waals surface area contributed by atoms with Crippen LogP contribution >= 0.6 is 0 Å². The number of amides is 17. The summed E-state index contributed by atoms with van der Waals surface area (Å²) in [4.78, 5) is 270. The van der Waals surface area contributed by atoms with Crippen LogP contribution in [0.1, 0.15) is 202 Å². The average Bonchev–Trinajstić information content (AvgIpc) is 1.64. The summed E-state index contributed by atoms with van der Waals surface area (Å²) in [5, 5.41) is 81.4. The number of hydrogen-bond acceptors (Lipinski definition) is 27. The van der Waals surface area contributed by atoms with Crippen LogP contribution in [-0.4, -0.2) is 286 Å². The van der Waals surface area contributed by atoms with E-state index in [4.69, 9.17) is 57.0 Å². The highest BCUT2D eigenvalue weighted by Gasteiger charge is 2.42. The van der Waals surface area contributed by atoms with Crippen molar-refractivity contribution >= 4 is 124 Å². The summed E-state index contributed by atoms with van der Waals surface area (Å²) >= 11 is 0. The second-order valence-corrected chi connectivity index (χ2v) is 30.7. The molecule has 0 aliphatic carbocycles. The summed E-state index contributed by atoms with van der Waals surface area (Å²) in [6.45, 7) is 7.54. The Labute approximate surface area is 717 Å². The number of carbonyl (C=O) groups excluding carboxylic acids is 17. The van der Waals surface area contributed by atoms with Crippen molar-refractivity contribution in [3.05, 3.63) is 0 Å². The Morgan fingerprint density at radius 2 is 0.718 bits per heavy atom. The highest BCUT2D eigenvalue weighted by Crippen LogP contribution is 2.22. The maximum Gasteiger partial charge on any atom is 0.326 e. The van der Waals surface area contributed by atoms with Crippen LogP contribution in [0.25, 0.3) is 0 Å². The maximum absolute atomic E-state index is 14.7. The van der Waals surface area contributed by atoms with Gasteiger partial charge in [-0.15, -0.1) is 0 Å². The third kappa shape index (κ3) is 44.0. The lowest BCUT2D eigenvalue weighted by Gasteiger charge is -2.31. The molecule has 1 aliphatic rings. The zero-order chi connectivity index (χ0) is 94.0. The molecule has 1 heterocycles. The SMILES string of the molecule is CC(C)C[C@H](NC(=O)[C@H](C)NC(=O)[C@H](CCC(N)=O)NC(=O)[C@@H](NC(=O)[C@H](CCC(=O)O)NC(=O)[C@H](CC(=O)O)NC(=O)[C@H](C)NC(=O)[C@H](CCCCN)NC(=O)[C@H](CCCCN)NC(=O)[C@@H](N)CCCCN)[C@@H](C)O)C(=O)N1CCC[C@H]1C(=O)N[C@@H](CCC(N)=O)C(=O)N[C@@H](CCCNC(=N)N)C(=O)N[C@@H](CCC(N)=O)C(=O)N[C@@H](CCCCN)C(=O)O. The van der Waals surface area contributed by atoms with Gasteiger partial charge in [0.2, 0.25) is 100 Å². The lowest BCUT2D eigenvalue weighted by molar-refractivity contribution is -0.143. The number of unbranched alkanes of at least 4 members (excludes halogenated alkanes) is 4. The molecule has 1 rings (SSSR count). The van der Waals surface area contributed by atoms with Gasteiger partial charge in [-0.3, -0.25) is 96.5 Å². The molecule has 0 spiro atoms. The fourth-order valence-corrected chi connectivity index (χ4v) is 12.7. The van der Waals surface area contributed by atoms with E-state index in [1.54, 1.807) is 13.8 Å². The Hall–Kier alpha value is -11.6. The fourth-order valence-electron chi connectivity index (χ4n) is 12.7. The minimum absolute atomic E-state index is 0.00462. The van der Waals surface area contributed by atoms with E-state index in [0.29, 0.717) is 51.5 Å².